The molecule has 31 heavy (non-hydrogen) atoms. The molecule has 1 aromatic carbocycles. The van der Waals surface area contributed by atoms with Crippen molar-refractivity contribution < 1.29 is 18.5 Å². The number of nitrogens with zero attached hydrogens (tertiary/aromatic N) is 4. The molecule has 158 valence electrons. The first-order chi connectivity index (χ1) is 14.7. The number of primary amides is 2. The summed E-state index contributed by atoms with van der Waals surface area (Å²) >= 11 is 0. The average Bonchev–Trinajstić information content (AvgIpc) is 3.22. The van der Waals surface area contributed by atoms with Crippen molar-refractivity contribution in [2.45, 2.75) is 27.3 Å². The summed E-state index contributed by atoms with van der Waals surface area (Å²) in [4.78, 5) is 29.0. The van der Waals surface area contributed by atoms with Crippen LogP contribution in [0.5, 0.6) is 0 Å². The maximum absolute atomic E-state index is 13.8. The second kappa shape index (κ2) is 7.31. The van der Waals surface area contributed by atoms with Gasteiger partial charge >= 0.3 is 0 Å². The summed E-state index contributed by atoms with van der Waals surface area (Å²) in [5.41, 5.74) is 13.8. The van der Waals surface area contributed by atoms with Crippen LogP contribution in [-0.4, -0.2) is 31.7 Å². The number of carbonyl (C=O) groups is 2. The molecule has 0 bridgehead atoms. The summed E-state index contributed by atoms with van der Waals surface area (Å²) < 4.78 is 20.7. The molecule has 3 heterocycles. The molecule has 0 saturated heterocycles. The maximum Gasteiger partial charge on any atom is 0.267 e. The Kier molecular flexibility index (Phi) is 4.77. The van der Waals surface area contributed by atoms with Crippen LogP contribution in [0.4, 0.5) is 4.39 Å². The molecule has 2 amide bonds. The van der Waals surface area contributed by atoms with E-state index in [1.807, 2.05) is 6.92 Å². The predicted octanol–water partition coefficient (Wildman–Crippen LogP) is 2.40. The van der Waals surface area contributed by atoms with E-state index in [1.54, 1.807) is 24.6 Å². The van der Waals surface area contributed by atoms with Crippen LogP contribution in [0.3, 0.4) is 0 Å². The normalized spacial score (nSPS) is 11.2. The summed E-state index contributed by atoms with van der Waals surface area (Å²) in [6.45, 7) is 5.61. The molecule has 4 N–H and O–H groups in total. The molecule has 0 radical (unpaired) electrons. The quantitative estimate of drug-likeness (QED) is 0.505. The fourth-order valence-electron chi connectivity index (χ4n) is 3.77. The summed E-state index contributed by atoms with van der Waals surface area (Å²) in [6, 6.07) is 5.50. The van der Waals surface area contributed by atoms with Crippen LogP contribution >= 0.6 is 0 Å². The van der Waals surface area contributed by atoms with Crippen LogP contribution in [0.1, 0.15) is 43.7 Å². The first kappa shape index (κ1) is 20.2. The Morgan fingerprint density at radius 1 is 1.10 bits per heavy atom. The lowest BCUT2D eigenvalue weighted by molar-refractivity contribution is 0.0996. The smallest absolute Gasteiger partial charge is 0.267 e. The number of nitrogens with two attached hydrogens (primary N) is 2. The fourth-order valence-corrected chi connectivity index (χ4v) is 3.77. The van der Waals surface area contributed by atoms with Gasteiger partial charge < -0.3 is 16.0 Å². The first-order valence-electron chi connectivity index (χ1n) is 9.36. The van der Waals surface area contributed by atoms with Gasteiger partial charge in [-0.2, -0.15) is 5.10 Å². The monoisotopic (exact) mass is 422 g/mol. The van der Waals surface area contributed by atoms with E-state index >= 15 is 0 Å². The van der Waals surface area contributed by atoms with Gasteiger partial charge in [0.15, 0.2) is 5.76 Å². The average molecular weight is 422 g/mol. The van der Waals surface area contributed by atoms with Gasteiger partial charge in [0.2, 0.25) is 5.91 Å². The molecule has 0 aliphatic heterocycles. The Bertz CT molecular complexity index is 1370. The van der Waals surface area contributed by atoms with E-state index in [4.69, 9.17) is 16.0 Å². The predicted molar refractivity (Wildman–Crippen MR) is 110 cm³/mol. The Morgan fingerprint density at radius 3 is 2.45 bits per heavy atom. The van der Waals surface area contributed by atoms with Crippen molar-refractivity contribution in [1.82, 2.24) is 19.9 Å². The lowest BCUT2D eigenvalue weighted by atomic mass is 9.92. The summed E-state index contributed by atoms with van der Waals surface area (Å²) in [7, 11) is 0. The lowest BCUT2D eigenvalue weighted by Crippen LogP contribution is -2.21. The van der Waals surface area contributed by atoms with Gasteiger partial charge in [-0.15, -0.1) is 0 Å². The SMILES string of the molecule is Cc1cc(Cn2nc(C)c(-c3c(C(N)=O)nc4cc(F)ccc4c3C(N)=O)c2C)on1. The highest BCUT2D eigenvalue weighted by atomic mass is 19.1. The van der Waals surface area contributed by atoms with Crippen molar-refractivity contribution in [3.05, 3.63) is 64.2 Å². The first-order valence-corrected chi connectivity index (χ1v) is 9.36. The third-order valence-corrected chi connectivity index (χ3v) is 5.04. The summed E-state index contributed by atoms with van der Waals surface area (Å²) in [5.74, 6) is -1.65. The zero-order valence-corrected chi connectivity index (χ0v) is 17.1. The molecule has 0 saturated carbocycles. The Morgan fingerprint density at radius 2 is 1.84 bits per heavy atom. The number of aryl methyl sites for hydroxylation is 2. The Hall–Kier alpha value is -4.08. The van der Waals surface area contributed by atoms with E-state index in [0.29, 0.717) is 28.1 Å². The van der Waals surface area contributed by atoms with Gasteiger partial charge in [0.25, 0.3) is 5.91 Å². The van der Waals surface area contributed by atoms with Crippen molar-refractivity contribution in [1.29, 1.82) is 0 Å². The van der Waals surface area contributed by atoms with E-state index in [1.165, 1.54) is 12.1 Å². The minimum absolute atomic E-state index is 0.0278. The van der Waals surface area contributed by atoms with Gasteiger partial charge in [-0.1, -0.05) is 5.16 Å². The van der Waals surface area contributed by atoms with Crippen LogP contribution < -0.4 is 11.5 Å². The van der Waals surface area contributed by atoms with E-state index in [-0.39, 0.29) is 28.9 Å². The molecule has 10 heteroatoms. The van der Waals surface area contributed by atoms with Crippen molar-refractivity contribution >= 4 is 22.7 Å². The largest absolute Gasteiger partial charge is 0.366 e. The molecule has 0 fully saturated rings. The number of fused-ring (bicyclic) bond motifs is 1. The molecule has 0 atom stereocenters. The summed E-state index contributed by atoms with van der Waals surface area (Å²) in [5, 5.41) is 8.70. The molecule has 4 aromatic rings. The van der Waals surface area contributed by atoms with Crippen LogP contribution in [0.25, 0.3) is 22.0 Å². The highest BCUT2D eigenvalue weighted by molar-refractivity contribution is 6.15. The van der Waals surface area contributed by atoms with Gasteiger partial charge in [0.1, 0.15) is 18.1 Å². The van der Waals surface area contributed by atoms with Crippen molar-refractivity contribution in [2.75, 3.05) is 0 Å². The minimum Gasteiger partial charge on any atom is -0.366 e. The van der Waals surface area contributed by atoms with Gasteiger partial charge in [0, 0.05) is 34.3 Å². The van der Waals surface area contributed by atoms with E-state index in [2.05, 4.69) is 15.2 Å². The molecule has 0 aliphatic carbocycles. The molecule has 0 unspecified atom stereocenters. The second-order valence-corrected chi connectivity index (χ2v) is 7.24. The number of hydrogen-bond donors (Lipinski definition) is 2. The standard InChI is InChI=1S/C21H19FN6O3/c1-9-6-13(31-27-9)8-28-11(3)16(10(2)26-28)18-17(20(23)29)14-5-4-12(22)7-15(14)25-19(18)21(24)30/h4-7H,8H2,1-3H3,(H2,23,29)(H2,24,30). The number of aromatic nitrogens is 4. The molecule has 9 nitrogen and oxygen atoms in total. The Balaban J connectivity index is 2.02. The molecule has 4 rings (SSSR count). The lowest BCUT2D eigenvalue weighted by Gasteiger charge is -2.14. The number of amides is 2. The number of carbonyl (C=O) groups excluding carboxylic acids is 2. The van der Waals surface area contributed by atoms with Crippen LogP contribution in [0, 0.1) is 26.6 Å². The van der Waals surface area contributed by atoms with E-state index in [0.717, 1.165) is 11.8 Å². The summed E-state index contributed by atoms with van der Waals surface area (Å²) in [6.07, 6.45) is 0. The number of rotatable bonds is 5. The molecular weight excluding hydrogens is 403 g/mol. The molecular formula is C21H19FN6O3. The zero-order valence-electron chi connectivity index (χ0n) is 17.1. The third-order valence-electron chi connectivity index (χ3n) is 5.04. The minimum atomic E-state index is -0.874. The molecule has 3 aromatic heterocycles. The Labute approximate surface area is 175 Å². The van der Waals surface area contributed by atoms with Gasteiger partial charge in [-0.25, -0.2) is 9.37 Å². The van der Waals surface area contributed by atoms with Gasteiger partial charge in [0.05, 0.1) is 22.5 Å². The zero-order chi connectivity index (χ0) is 22.4. The van der Waals surface area contributed by atoms with Crippen molar-refractivity contribution in [3.8, 4) is 11.1 Å². The van der Waals surface area contributed by atoms with Crippen LogP contribution in [-0.2, 0) is 6.54 Å². The fraction of sp³-hybridized carbons (Fsp3) is 0.190. The maximum atomic E-state index is 13.8. The highest BCUT2D eigenvalue weighted by Crippen LogP contribution is 2.36. The molecule has 0 aliphatic rings. The van der Waals surface area contributed by atoms with Gasteiger partial charge in [-0.05, 0) is 32.9 Å². The van der Waals surface area contributed by atoms with E-state index < -0.39 is 17.6 Å². The second-order valence-electron chi connectivity index (χ2n) is 7.24. The number of halogens is 1. The number of pyridine rings is 1. The van der Waals surface area contributed by atoms with Crippen molar-refractivity contribution in [2.24, 2.45) is 11.5 Å². The van der Waals surface area contributed by atoms with Gasteiger partial charge in [-0.3, -0.25) is 14.3 Å². The van der Waals surface area contributed by atoms with Crippen LogP contribution in [0.15, 0.2) is 28.8 Å². The van der Waals surface area contributed by atoms with Crippen molar-refractivity contribution in [3.63, 3.8) is 0 Å². The van der Waals surface area contributed by atoms with Crippen LogP contribution in [0.2, 0.25) is 0 Å². The number of benzene rings is 1. The highest BCUT2D eigenvalue weighted by Gasteiger charge is 2.28. The van der Waals surface area contributed by atoms with E-state index in [9.17, 15) is 14.0 Å². The number of hydrogen-bond acceptors (Lipinski definition) is 6. The topological polar surface area (TPSA) is 143 Å². The molecule has 0 spiro atoms. The third kappa shape index (κ3) is 3.41.